The molecule has 0 bridgehead atoms. The first-order chi connectivity index (χ1) is 24.0. The number of hydrogen-bond donors (Lipinski definition) is 3. The number of aromatic carboxylic acids is 1. The van der Waals surface area contributed by atoms with Crippen molar-refractivity contribution in [3.05, 3.63) is 114 Å². The first-order valence-corrected chi connectivity index (χ1v) is 17.5. The molecule has 3 N–H and O–H groups in total. The van der Waals surface area contributed by atoms with E-state index in [0.29, 0.717) is 56.2 Å². The molecule has 1 aliphatic rings. The molecular weight excluding hydrogens is 705 g/mol. The minimum Gasteiger partial charge on any atom is -0.619 e. The highest BCUT2D eigenvalue weighted by Crippen LogP contribution is 2.41. The van der Waals surface area contributed by atoms with E-state index in [-0.39, 0.29) is 34.0 Å². The molecule has 1 aliphatic heterocycles. The number of benzene rings is 2. The standard InChI is InChI=1S/C36H39Cl2N3O8S/c1-40-13-11-24(12-14-40)49-35(45)36(21-42,23-7-5-4-6-8-23)39-18-25-16-27(33(50-25)34(43)44)26(17-28-29(37)19-41(46)20-30(28)38)22-9-10-31(47-2)32(15-22)48-3/h4-10,15-16,19-20,24,26,39,42H,11-14,17-18,21H2,1-3H3,(H,43,44)/t26-,36?/m0/s1. The average Bonchev–Trinajstić information content (AvgIpc) is 3.54. The third kappa shape index (κ3) is 8.17. The van der Waals surface area contributed by atoms with Gasteiger partial charge in [-0.1, -0.05) is 59.6 Å². The summed E-state index contributed by atoms with van der Waals surface area (Å²) in [7, 11) is 5.04. The van der Waals surface area contributed by atoms with Crippen LogP contribution in [0.2, 0.25) is 10.0 Å². The van der Waals surface area contributed by atoms with Gasteiger partial charge in [-0.05, 0) is 61.2 Å². The summed E-state index contributed by atoms with van der Waals surface area (Å²) in [6, 6.07) is 15.9. The van der Waals surface area contributed by atoms with Crippen LogP contribution in [0.25, 0.3) is 0 Å². The molecular formula is C36H39Cl2N3O8S. The third-order valence-corrected chi connectivity index (χ3v) is 10.8. The number of aliphatic hydroxyl groups is 1. The molecule has 3 heterocycles. The molecule has 266 valence electrons. The van der Waals surface area contributed by atoms with Gasteiger partial charge in [0.2, 0.25) is 0 Å². The number of carboxylic acid groups (broad SMARTS) is 1. The van der Waals surface area contributed by atoms with E-state index < -0.39 is 30.0 Å². The van der Waals surface area contributed by atoms with Crippen molar-refractivity contribution in [3.8, 4) is 11.5 Å². The maximum atomic E-state index is 13.9. The highest BCUT2D eigenvalue weighted by molar-refractivity contribution is 7.14. The summed E-state index contributed by atoms with van der Waals surface area (Å²) in [6.45, 7) is 1.02. The van der Waals surface area contributed by atoms with Crippen molar-refractivity contribution in [2.24, 2.45) is 0 Å². The van der Waals surface area contributed by atoms with Crippen molar-refractivity contribution in [3.63, 3.8) is 0 Å². The van der Waals surface area contributed by atoms with Crippen molar-refractivity contribution < 1.29 is 38.7 Å². The Kier molecular flexibility index (Phi) is 12.3. The van der Waals surface area contributed by atoms with E-state index >= 15 is 0 Å². The maximum absolute atomic E-state index is 13.9. The van der Waals surface area contributed by atoms with Gasteiger partial charge in [0.25, 0.3) is 0 Å². The van der Waals surface area contributed by atoms with Gasteiger partial charge in [0.15, 0.2) is 29.4 Å². The Labute approximate surface area is 304 Å². The molecule has 1 saturated heterocycles. The topological polar surface area (TPSA) is 144 Å². The number of piperidine rings is 1. The summed E-state index contributed by atoms with van der Waals surface area (Å²) in [6.07, 6.45) is 3.59. The number of aliphatic hydroxyl groups excluding tert-OH is 1. The molecule has 5 rings (SSSR count). The largest absolute Gasteiger partial charge is 0.619 e. The number of aromatic nitrogens is 1. The van der Waals surface area contributed by atoms with Crippen molar-refractivity contribution in [2.45, 2.75) is 43.4 Å². The minimum atomic E-state index is -1.61. The number of methoxy groups -OCH3 is 2. The summed E-state index contributed by atoms with van der Waals surface area (Å²) in [5.74, 6) is -1.45. The fraction of sp³-hybridized carbons (Fsp3) is 0.361. The van der Waals surface area contributed by atoms with Crippen molar-refractivity contribution in [1.29, 1.82) is 0 Å². The number of nitrogens with one attached hydrogen (secondary N) is 1. The molecule has 14 heteroatoms. The number of esters is 1. The van der Waals surface area contributed by atoms with Crippen LogP contribution in [0.3, 0.4) is 0 Å². The summed E-state index contributed by atoms with van der Waals surface area (Å²) < 4.78 is 17.5. The van der Waals surface area contributed by atoms with Gasteiger partial charge in [-0.3, -0.25) is 5.32 Å². The zero-order valence-electron chi connectivity index (χ0n) is 27.9. The second-order valence-corrected chi connectivity index (χ2v) is 14.1. The van der Waals surface area contributed by atoms with Crippen LogP contribution in [0.15, 0.2) is 67.0 Å². The molecule has 2 atom stereocenters. The summed E-state index contributed by atoms with van der Waals surface area (Å²) >= 11 is 14.1. The van der Waals surface area contributed by atoms with Gasteiger partial charge in [0.1, 0.15) is 21.0 Å². The SMILES string of the molecule is COc1ccc([C@H](Cc2c(Cl)c[n+]([O-])cc2Cl)c2cc(CNC(CO)(C(=O)OC3CCN(C)CC3)c3ccccc3)sc2C(=O)O)cc1OC. The van der Waals surface area contributed by atoms with Crippen molar-refractivity contribution in [1.82, 2.24) is 10.2 Å². The Balaban J connectivity index is 1.54. The number of thiophene rings is 1. The Morgan fingerprint density at radius 1 is 1.06 bits per heavy atom. The maximum Gasteiger partial charge on any atom is 0.346 e. The molecule has 1 unspecified atom stereocenters. The first-order valence-electron chi connectivity index (χ1n) is 15.9. The molecule has 0 radical (unpaired) electrons. The Bertz CT molecular complexity index is 1790. The number of hydrogen-bond acceptors (Lipinski definition) is 10. The molecule has 1 fully saturated rings. The zero-order chi connectivity index (χ0) is 36.0. The van der Waals surface area contributed by atoms with E-state index in [1.165, 1.54) is 26.6 Å². The molecule has 2 aromatic carbocycles. The van der Waals surface area contributed by atoms with Gasteiger partial charge in [-0.15, -0.1) is 11.3 Å². The van der Waals surface area contributed by atoms with Gasteiger partial charge in [-0.25, -0.2) is 9.59 Å². The first kappa shape index (κ1) is 37.3. The number of likely N-dealkylation sites (tertiary alicyclic amines) is 1. The Hall–Kier alpha value is -3.91. The van der Waals surface area contributed by atoms with Gasteiger partial charge in [-0.2, -0.15) is 4.73 Å². The van der Waals surface area contributed by atoms with E-state index in [0.717, 1.165) is 24.4 Å². The number of ether oxygens (including phenoxy) is 3. The van der Waals surface area contributed by atoms with Crippen LogP contribution in [0.4, 0.5) is 0 Å². The predicted octanol–water partition coefficient (Wildman–Crippen LogP) is 5.39. The van der Waals surface area contributed by atoms with Crippen LogP contribution < -0.4 is 19.5 Å². The molecule has 50 heavy (non-hydrogen) atoms. The van der Waals surface area contributed by atoms with Gasteiger partial charge < -0.3 is 34.5 Å². The Morgan fingerprint density at radius 3 is 2.32 bits per heavy atom. The molecule has 11 nitrogen and oxygen atoms in total. The fourth-order valence-electron chi connectivity index (χ4n) is 6.20. The summed E-state index contributed by atoms with van der Waals surface area (Å²) in [5, 5.41) is 36.8. The monoisotopic (exact) mass is 743 g/mol. The van der Waals surface area contributed by atoms with E-state index in [2.05, 4.69) is 10.2 Å². The van der Waals surface area contributed by atoms with Gasteiger partial charge in [0.05, 0.1) is 20.8 Å². The predicted molar refractivity (Wildman–Crippen MR) is 190 cm³/mol. The van der Waals surface area contributed by atoms with Crippen molar-refractivity contribution in [2.75, 3.05) is 41.0 Å². The molecule has 0 saturated carbocycles. The van der Waals surface area contributed by atoms with Crippen LogP contribution in [0.5, 0.6) is 11.5 Å². The number of nitrogens with zero attached hydrogens (tertiary/aromatic N) is 2. The highest BCUT2D eigenvalue weighted by atomic mass is 35.5. The quantitative estimate of drug-likeness (QED) is 0.0874. The molecule has 4 aromatic rings. The van der Waals surface area contributed by atoms with Crippen LogP contribution in [-0.2, 0) is 28.0 Å². The molecule has 0 amide bonds. The van der Waals surface area contributed by atoms with Crippen LogP contribution >= 0.6 is 34.5 Å². The number of carboxylic acids is 1. The highest BCUT2D eigenvalue weighted by Gasteiger charge is 2.43. The van der Waals surface area contributed by atoms with Crippen LogP contribution in [-0.4, -0.2) is 74.1 Å². The molecule has 0 spiro atoms. The molecule has 2 aromatic heterocycles. The van der Waals surface area contributed by atoms with Crippen LogP contribution in [0, 0.1) is 5.21 Å². The number of rotatable bonds is 14. The van der Waals surface area contributed by atoms with Gasteiger partial charge >= 0.3 is 11.9 Å². The third-order valence-electron chi connectivity index (χ3n) is 9.01. The number of pyridine rings is 1. The normalized spacial score (nSPS) is 15.6. The average molecular weight is 745 g/mol. The van der Waals surface area contributed by atoms with E-state index in [1.807, 2.05) is 13.1 Å². The summed E-state index contributed by atoms with van der Waals surface area (Å²) in [4.78, 5) is 29.5. The second kappa shape index (κ2) is 16.4. The lowest BCUT2D eigenvalue weighted by molar-refractivity contribution is -0.605. The number of halogens is 2. The second-order valence-electron chi connectivity index (χ2n) is 12.2. The zero-order valence-corrected chi connectivity index (χ0v) is 30.2. The Morgan fingerprint density at radius 2 is 1.72 bits per heavy atom. The fourth-order valence-corrected chi connectivity index (χ4v) is 7.79. The van der Waals surface area contributed by atoms with Gasteiger partial charge in [0, 0.05) is 36.0 Å². The van der Waals surface area contributed by atoms with E-state index in [9.17, 15) is 25.0 Å². The van der Waals surface area contributed by atoms with Crippen molar-refractivity contribution >= 4 is 46.5 Å². The van der Waals surface area contributed by atoms with E-state index in [4.69, 9.17) is 37.4 Å². The lowest BCUT2D eigenvalue weighted by Crippen LogP contribution is -2.54. The smallest absolute Gasteiger partial charge is 0.346 e. The number of carbonyl (C=O) groups is 2. The van der Waals surface area contributed by atoms with E-state index in [1.54, 1.807) is 48.5 Å². The lowest BCUT2D eigenvalue weighted by atomic mass is 9.85. The lowest BCUT2D eigenvalue weighted by Gasteiger charge is -2.35. The summed E-state index contributed by atoms with van der Waals surface area (Å²) in [5.41, 5.74) is 0.509. The minimum absolute atomic E-state index is 0.0323. The van der Waals surface area contributed by atoms with Crippen LogP contribution in [0.1, 0.15) is 55.6 Å². The molecule has 0 aliphatic carbocycles. The number of carbonyl (C=O) groups excluding carboxylic acids is 1.